The predicted octanol–water partition coefficient (Wildman–Crippen LogP) is -0.136. The van der Waals surface area contributed by atoms with E-state index in [1.165, 1.54) is 0 Å². The zero-order valence-corrected chi connectivity index (χ0v) is 8.56. The van der Waals surface area contributed by atoms with Gasteiger partial charge in [-0.05, 0) is 7.05 Å². The maximum atomic E-state index is 9.52. The maximum Gasteiger partial charge on any atom is 0.0954 e. The Morgan fingerprint density at radius 2 is 2.36 bits per heavy atom. The molecule has 0 saturated carbocycles. The summed E-state index contributed by atoms with van der Waals surface area (Å²) in [6.07, 6.45) is -0.0136. The van der Waals surface area contributed by atoms with Gasteiger partial charge in [-0.1, -0.05) is 22.6 Å². The third-order valence-corrected chi connectivity index (χ3v) is 3.62. The molecule has 0 aromatic carbocycles. The van der Waals surface area contributed by atoms with Crippen LogP contribution < -0.4 is 0 Å². The maximum absolute atomic E-state index is 9.52. The number of fused-ring (bicyclic) bond motifs is 1. The minimum Gasteiger partial charge on any atom is -0.389 e. The Bertz CT molecular complexity index is 167. The van der Waals surface area contributed by atoms with Gasteiger partial charge in [0.05, 0.1) is 28.8 Å². The van der Waals surface area contributed by atoms with E-state index in [0.29, 0.717) is 10.5 Å². The van der Waals surface area contributed by atoms with Crippen LogP contribution in [0.4, 0.5) is 0 Å². The summed E-state index contributed by atoms with van der Waals surface area (Å²) in [5.41, 5.74) is 0. The van der Waals surface area contributed by atoms with E-state index in [-0.39, 0.29) is 18.2 Å². The van der Waals surface area contributed by atoms with Crippen LogP contribution in [0.1, 0.15) is 0 Å². The second-order valence-corrected chi connectivity index (χ2v) is 4.91. The van der Waals surface area contributed by atoms with Gasteiger partial charge >= 0.3 is 0 Å². The second kappa shape index (κ2) is 2.83. The molecular weight excluding hydrogens is 257 g/mol. The number of aliphatic hydroxyl groups is 1. The number of likely N-dealkylation sites (tertiary alicyclic amines) is 1. The molecule has 0 aliphatic carbocycles. The van der Waals surface area contributed by atoms with Crippen molar-refractivity contribution in [3.8, 4) is 0 Å². The normalized spacial score (nSPS) is 51.5. The molecule has 0 radical (unpaired) electrons. The lowest BCUT2D eigenvalue weighted by Crippen LogP contribution is -2.38. The summed E-state index contributed by atoms with van der Waals surface area (Å²) >= 11 is 2.40. The quantitative estimate of drug-likeness (QED) is 0.491. The van der Waals surface area contributed by atoms with Crippen LogP contribution in [0.15, 0.2) is 0 Å². The van der Waals surface area contributed by atoms with E-state index in [2.05, 4.69) is 27.5 Å². The number of rotatable bonds is 0. The summed E-state index contributed by atoms with van der Waals surface area (Å²) in [4.78, 5) is 2.19. The lowest BCUT2D eigenvalue weighted by atomic mass is 10.1. The smallest absolute Gasteiger partial charge is 0.0954 e. The third kappa shape index (κ3) is 1.20. The molecule has 0 amide bonds. The summed E-state index contributed by atoms with van der Waals surface area (Å²) in [5.74, 6) is 0. The van der Waals surface area contributed by atoms with Crippen molar-refractivity contribution < 1.29 is 9.84 Å². The molecule has 0 bridgehead atoms. The molecule has 2 fully saturated rings. The minimum absolute atomic E-state index is 0.247. The predicted molar refractivity (Wildman–Crippen MR) is 50.0 cm³/mol. The van der Waals surface area contributed by atoms with E-state index in [4.69, 9.17) is 4.74 Å². The Morgan fingerprint density at radius 3 is 3.00 bits per heavy atom. The highest BCUT2D eigenvalue weighted by Gasteiger charge is 2.47. The van der Waals surface area contributed by atoms with Crippen LogP contribution in [-0.2, 0) is 4.74 Å². The van der Waals surface area contributed by atoms with Crippen molar-refractivity contribution in [1.82, 2.24) is 4.90 Å². The van der Waals surface area contributed by atoms with Gasteiger partial charge in [-0.25, -0.2) is 0 Å². The van der Waals surface area contributed by atoms with Gasteiger partial charge in [0.1, 0.15) is 0 Å². The number of ether oxygens (including phenoxy) is 1. The lowest BCUT2D eigenvalue weighted by Gasteiger charge is -2.19. The first kappa shape index (κ1) is 8.22. The molecule has 0 spiro atoms. The van der Waals surface area contributed by atoms with Gasteiger partial charge in [-0.15, -0.1) is 0 Å². The molecule has 1 N–H and O–H groups in total. The molecule has 2 heterocycles. The van der Waals surface area contributed by atoms with Crippen LogP contribution in [0.5, 0.6) is 0 Å². The first-order chi connectivity index (χ1) is 5.20. The van der Waals surface area contributed by atoms with E-state index in [1.807, 2.05) is 7.05 Å². The molecule has 2 aliphatic rings. The van der Waals surface area contributed by atoms with Crippen molar-refractivity contribution in [1.29, 1.82) is 0 Å². The molecule has 3 nitrogen and oxygen atoms in total. The van der Waals surface area contributed by atoms with Gasteiger partial charge in [0, 0.05) is 6.54 Å². The van der Waals surface area contributed by atoms with E-state index in [1.54, 1.807) is 0 Å². The molecule has 0 aromatic rings. The number of hydrogen-bond acceptors (Lipinski definition) is 3. The Labute approximate surface area is 79.8 Å². The Balaban J connectivity index is 2.15. The second-order valence-electron chi connectivity index (χ2n) is 3.31. The Morgan fingerprint density at radius 1 is 1.64 bits per heavy atom. The summed E-state index contributed by atoms with van der Waals surface area (Å²) in [6, 6.07) is 0.247. The van der Waals surface area contributed by atoms with E-state index >= 15 is 0 Å². The lowest BCUT2D eigenvalue weighted by molar-refractivity contribution is 0.0872. The molecule has 2 saturated heterocycles. The van der Waals surface area contributed by atoms with Crippen molar-refractivity contribution in [2.75, 3.05) is 20.2 Å². The number of hydrogen-bond donors (Lipinski definition) is 1. The topological polar surface area (TPSA) is 32.7 Å². The van der Waals surface area contributed by atoms with Gasteiger partial charge in [0.15, 0.2) is 0 Å². The highest BCUT2D eigenvalue weighted by Crippen LogP contribution is 2.32. The molecule has 0 unspecified atom stereocenters. The molecule has 2 aliphatic heterocycles. The number of alkyl halides is 1. The monoisotopic (exact) mass is 269 g/mol. The highest BCUT2D eigenvalue weighted by atomic mass is 127. The van der Waals surface area contributed by atoms with Gasteiger partial charge in [0.2, 0.25) is 0 Å². The van der Waals surface area contributed by atoms with E-state index in [0.717, 1.165) is 6.54 Å². The fraction of sp³-hybridized carbons (Fsp3) is 1.00. The highest BCUT2D eigenvalue weighted by molar-refractivity contribution is 14.1. The fourth-order valence-electron chi connectivity index (χ4n) is 1.99. The molecule has 4 heteroatoms. The van der Waals surface area contributed by atoms with Crippen molar-refractivity contribution in [3.63, 3.8) is 0 Å². The van der Waals surface area contributed by atoms with Crippen LogP contribution in [0.25, 0.3) is 0 Å². The van der Waals surface area contributed by atoms with Gasteiger partial charge in [-0.3, -0.25) is 4.90 Å². The van der Waals surface area contributed by atoms with Crippen LogP contribution in [0, 0.1) is 0 Å². The zero-order valence-electron chi connectivity index (χ0n) is 6.40. The summed E-state index contributed by atoms with van der Waals surface area (Å²) < 4.78 is 6.01. The Hall–Kier alpha value is 0.610. The summed E-state index contributed by atoms with van der Waals surface area (Å²) in [6.45, 7) is 1.55. The summed E-state index contributed by atoms with van der Waals surface area (Å²) in [7, 11) is 2.05. The van der Waals surface area contributed by atoms with Crippen LogP contribution in [0.2, 0.25) is 0 Å². The molecule has 64 valence electrons. The number of aliphatic hydroxyl groups excluding tert-OH is 1. The fourth-order valence-corrected chi connectivity index (χ4v) is 3.24. The van der Waals surface area contributed by atoms with Crippen LogP contribution in [0.3, 0.4) is 0 Å². The average molecular weight is 269 g/mol. The van der Waals surface area contributed by atoms with Crippen LogP contribution in [-0.4, -0.2) is 52.4 Å². The molecule has 0 aromatic heterocycles. The van der Waals surface area contributed by atoms with Gasteiger partial charge < -0.3 is 9.84 Å². The standard InChI is InChI=1S/C7H12INO2/c1-9-2-4(8)7-6(9)5(10)3-11-7/h4-7,10H,2-3H2,1H3/t4-,5+,6-,7-/m1/s1. The molecule has 11 heavy (non-hydrogen) atoms. The number of halogens is 1. The zero-order chi connectivity index (χ0) is 8.01. The Kier molecular flexibility index (Phi) is 2.11. The van der Waals surface area contributed by atoms with Crippen molar-refractivity contribution >= 4 is 22.6 Å². The van der Waals surface area contributed by atoms with Crippen molar-refractivity contribution in [2.45, 2.75) is 22.2 Å². The first-order valence-electron chi connectivity index (χ1n) is 3.84. The average Bonchev–Trinajstić information content (AvgIpc) is 2.41. The number of nitrogens with zero attached hydrogens (tertiary/aromatic N) is 1. The van der Waals surface area contributed by atoms with E-state index in [9.17, 15) is 5.11 Å². The van der Waals surface area contributed by atoms with Crippen molar-refractivity contribution in [3.05, 3.63) is 0 Å². The van der Waals surface area contributed by atoms with Gasteiger partial charge in [0.25, 0.3) is 0 Å². The third-order valence-electron chi connectivity index (χ3n) is 2.52. The minimum atomic E-state index is -0.273. The summed E-state index contributed by atoms with van der Waals surface area (Å²) in [5, 5.41) is 9.52. The SMILES string of the molecule is CN1C[C@@H](I)[C@H]2OC[C@H](O)[C@H]21. The van der Waals surface area contributed by atoms with Gasteiger partial charge in [-0.2, -0.15) is 0 Å². The van der Waals surface area contributed by atoms with Crippen LogP contribution >= 0.6 is 22.6 Å². The number of likely N-dealkylation sites (N-methyl/N-ethyl adjacent to an activating group) is 1. The first-order valence-corrected chi connectivity index (χ1v) is 5.08. The molecular formula is C7H12INO2. The molecule has 2 rings (SSSR count). The van der Waals surface area contributed by atoms with Crippen molar-refractivity contribution in [2.24, 2.45) is 0 Å². The largest absolute Gasteiger partial charge is 0.389 e. The molecule has 4 atom stereocenters. The van der Waals surface area contributed by atoms with E-state index < -0.39 is 0 Å².